The molecule has 1 fully saturated rings. The van der Waals surface area contributed by atoms with E-state index >= 15 is 0 Å². The average molecular weight is 571 g/mol. The van der Waals surface area contributed by atoms with Crippen LogP contribution in [0.3, 0.4) is 0 Å². The molecule has 0 spiro atoms. The van der Waals surface area contributed by atoms with E-state index in [9.17, 15) is 24.1 Å². The number of nitro groups is 1. The number of unbranched alkanes of at least 4 members (excludes halogenated alkanes) is 2. The summed E-state index contributed by atoms with van der Waals surface area (Å²) in [4.78, 5) is 35.7. The Labute approximate surface area is 241 Å². The lowest BCUT2D eigenvalue weighted by Crippen LogP contribution is -2.28. The maximum atomic E-state index is 14.2. The van der Waals surface area contributed by atoms with Crippen molar-refractivity contribution in [1.82, 2.24) is 0 Å². The number of ether oxygens (including phenoxy) is 2. The number of nitrogens with zero attached hydrogens (tertiary/aromatic N) is 1. The molecule has 3 rings (SSSR count). The fraction of sp³-hybridized carbons (Fsp3) is 0.562. The van der Waals surface area contributed by atoms with Crippen LogP contribution in [0.4, 0.5) is 15.8 Å². The van der Waals surface area contributed by atoms with Crippen molar-refractivity contribution in [2.24, 2.45) is 17.8 Å². The molecule has 0 unspecified atom stereocenters. The predicted octanol–water partition coefficient (Wildman–Crippen LogP) is 8.01. The summed E-state index contributed by atoms with van der Waals surface area (Å²) in [6, 6.07) is 9.06. The van der Waals surface area contributed by atoms with E-state index in [-0.39, 0.29) is 17.0 Å². The number of carbonyl (C=O) groups is 2. The van der Waals surface area contributed by atoms with E-state index in [1.807, 2.05) is 12.1 Å². The van der Waals surface area contributed by atoms with E-state index < -0.39 is 40.4 Å². The highest BCUT2D eigenvalue weighted by Gasteiger charge is 2.30. The van der Waals surface area contributed by atoms with Gasteiger partial charge in [-0.25, -0.2) is 14.0 Å². The normalized spacial score (nSPS) is 18.3. The highest BCUT2D eigenvalue weighted by molar-refractivity contribution is 5.98. The number of nitrogens with two attached hydrogens (primary N) is 1. The summed E-state index contributed by atoms with van der Waals surface area (Å²) in [5.41, 5.74) is 5.95. The Balaban J connectivity index is 1.57. The van der Waals surface area contributed by atoms with Crippen molar-refractivity contribution in [3.05, 3.63) is 57.6 Å². The molecule has 9 heteroatoms. The van der Waals surface area contributed by atoms with Gasteiger partial charge in [0.05, 0.1) is 16.2 Å². The molecule has 0 aromatic heterocycles. The van der Waals surface area contributed by atoms with Crippen molar-refractivity contribution in [3.8, 4) is 11.5 Å². The molecule has 0 radical (unpaired) electrons. The van der Waals surface area contributed by atoms with E-state index in [1.165, 1.54) is 58.3 Å². The molecule has 2 aromatic rings. The van der Waals surface area contributed by atoms with Gasteiger partial charge in [-0.15, -0.1) is 0 Å². The molecule has 0 saturated heterocycles. The van der Waals surface area contributed by atoms with Gasteiger partial charge in [-0.2, -0.15) is 0 Å². The van der Waals surface area contributed by atoms with Crippen molar-refractivity contribution < 1.29 is 28.4 Å². The number of alkyl halides is 1. The number of halogens is 1. The second-order valence-corrected chi connectivity index (χ2v) is 11.3. The Morgan fingerprint density at radius 3 is 2.24 bits per heavy atom. The largest absolute Gasteiger partial charge is 0.423 e. The number of hydrogen-bond acceptors (Lipinski definition) is 7. The fourth-order valence-electron chi connectivity index (χ4n) is 5.34. The average Bonchev–Trinajstić information content (AvgIpc) is 2.96. The SMILES string of the molecule is CCCCCC1CCC(CCc2ccc(OC(=O)c3cc([N+](=O)[O-])c(OC(=O)[C@@H](F)[C@@H](C)CC)cc3N)cc2)CC1. The zero-order valence-electron chi connectivity index (χ0n) is 24.4. The van der Waals surface area contributed by atoms with Crippen LogP contribution >= 0.6 is 0 Å². The van der Waals surface area contributed by atoms with Crippen molar-refractivity contribution in [2.45, 2.75) is 97.6 Å². The first kappa shape index (κ1) is 32.0. The summed E-state index contributed by atoms with van der Waals surface area (Å²) in [5, 5.41) is 11.6. The molecule has 2 aromatic carbocycles. The molecule has 0 heterocycles. The lowest BCUT2D eigenvalue weighted by Gasteiger charge is -2.28. The summed E-state index contributed by atoms with van der Waals surface area (Å²) >= 11 is 0. The molecular formula is C32H43FN2O6. The zero-order chi connectivity index (χ0) is 29.9. The smallest absolute Gasteiger partial charge is 0.346 e. The maximum absolute atomic E-state index is 14.2. The van der Waals surface area contributed by atoms with Crippen LogP contribution in [0.2, 0.25) is 0 Å². The lowest BCUT2D eigenvalue weighted by atomic mass is 9.78. The molecule has 2 N–H and O–H groups in total. The van der Waals surface area contributed by atoms with Gasteiger partial charge in [0.25, 0.3) is 0 Å². The molecule has 224 valence electrons. The van der Waals surface area contributed by atoms with Crippen LogP contribution in [0, 0.1) is 27.9 Å². The number of anilines is 1. The maximum Gasteiger partial charge on any atom is 0.346 e. The van der Waals surface area contributed by atoms with Crippen LogP contribution in [-0.4, -0.2) is 23.0 Å². The predicted molar refractivity (Wildman–Crippen MR) is 157 cm³/mol. The summed E-state index contributed by atoms with van der Waals surface area (Å²) in [6.45, 7) is 5.48. The minimum Gasteiger partial charge on any atom is -0.423 e. The first-order valence-electron chi connectivity index (χ1n) is 14.9. The highest BCUT2D eigenvalue weighted by atomic mass is 19.1. The molecule has 1 aliphatic carbocycles. The molecule has 0 aliphatic heterocycles. The van der Waals surface area contributed by atoms with Crippen LogP contribution in [-0.2, 0) is 11.2 Å². The number of nitro benzene ring substituents is 1. The quantitative estimate of drug-likeness (QED) is 0.0609. The minimum atomic E-state index is -1.95. The number of aryl methyl sites for hydroxylation is 1. The molecule has 1 saturated carbocycles. The Morgan fingerprint density at radius 1 is 1.02 bits per heavy atom. The van der Waals surface area contributed by atoms with E-state index in [1.54, 1.807) is 19.1 Å². The summed E-state index contributed by atoms with van der Waals surface area (Å²) in [5.74, 6) is -1.39. The third kappa shape index (κ3) is 9.26. The van der Waals surface area contributed by atoms with Gasteiger partial charge < -0.3 is 15.2 Å². The molecular weight excluding hydrogens is 527 g/mol. The summed E-state index contributed by atoms with van der Waals surface area (Å²) in [6.07, 6.45) is 11.1. The number of benzene rings is 2. The van der Waals surface area contributed by atoms with Crippen LogP contribution in [0.1, 0.15) is 101 Å². The van der Waals surface area contributed by atoms with Gasteiger partial charge in [0.2, 0.25) is 5.75 Å². The van der Waals surface area contributed by atoms with Crippen molar-refractivity contribution in [3.63, 3.8) is 0 Å². The molecule has 2 atom stereocenters. The first-order chi connectivity index (χ1) is 19.6. The fourth-order valence-corrected chi connectivity index (χ4v) is 5.34. The van der Waals surface area contributed by atoms with Gasteiger partial charge in [0, 0.05) is 12.1 Å². The molecule has 8 nitrogen and oxygen atoms in total. The van der Waals surface area contributed by atoms with Gasteiger partial charge in [0.1, 0.15) is 5.75 Å². The highest BCUT2D eigenvalue weighted by Crippen LogP contribution is 2.35. The standard InChI is InChI=1S/C32H43FN2O6/c1-4-6-7-8-22-9-11-23(12-10-22)13-14-24-15-17-25(18-16-24)40-31(36)26-19-28(35(38)39)29(20-27(26)34)41-32(37)30(33)21(3)5-2/h15-23,30H,4-14,34H2,1-3H3/t21-,22?,23?,30-/m0/s1. The third-order valence-corrected chi connectivity index (χ3v) is 8.28. The lowest BCUT2D eigenvalue weighted by molar-refractivity contribution is -0.385. The van der Waals surface area contributed by atoms with Gasteiger partial charge in [-0.1, -0.05) is 90.7 Å². The Morgan fingerprint density at radius 2 is 1.66 bits per heavy atom. The first-order valence-corrected chi connectivity index (χ1v) is 14.9. The van der Waals surface area contributed by atoms with E-state index in [4.69, 9.17) is 15.2 Å². The zero-order valence-corrected chi connectivity index (χ0v) is 24.4. The van der Waals surface area contributed by atoms with E-state index in [0.29, 0.717) is 6.42 Å². The summed E-state index contributed by atoms with van der Waals surface area (Å²) in [7, 11) is 0. The number of esters is 2. The second kappa shape index (κ2) is 15.5. The Bertz CT molecular complexity index is 1180. The Hall–Kier alpha value is -3.49. The minimum absolute atomic E-state index is 0.195. The third-order valence-electron chi connectivity index (χ3n) is 8.28. The van der Waals surface area contributed by atoms with Crippen LogP contribution in [0.25, 0.3) is 0 Å². The van der Waals surface area contributed by atoms with Crippen LogP contribution < -0.4 is 15.2 Å². The van der Waals surface area contributed by atoms with Crippen LogP contribution in [0.15, 0.2) is 36.4 Å². The van der Waals surface area contributed by atoms with Crippen molar-refractivity contribution >= 4 is 23.3 Å². The molecule has 1 aliphatic rings. The Kier molecular flexibility index (Phi) is 12.1. The number of nitrogen functional groups attached to an aromatic ring is 1. The molecule has 0 bridgehead atoms. The van der Waals surface area contributed by atoms with Gasteiger partial charge in [0.15, 0.2) is 6.17 Å². The van der Waals surface area contributed by atoms with E-state index in [2.05, 4.69) is 6.92 Å². The van der Waals surface area contributed by atoms with Crippen LogP contribution in [0.5, 0.6) is 11.5 Å². The van der Waals surface area contributed by atoms with Gasteiger partial charge >= 0.3 is 17.6 Å². The monoisotopic (exact) mass is 570 g/mol. The number of rotatable bonds is 14. The number of hydrogen-bond donors (Lipinski definition) is 1. The second-order valence-electron chi connectivity index (χ2n) is 11.3. The van der Waals surface area contributed by atoms with E-state index in [0.717, 1.165) is 42.4 Å². The van der Waals surface area contributed by atoms with Crippen molar-refractivity contribution in [1.29, 1.82) is 0 Å². The van der Waals surface area contributed by atoms with Crippen molar-refractivity contribution in [2.75, 3.05) is 5.73 Å². The van der Waals surface area contributed by atoms with Gasteiger partial charge in [-0.05, 0) is 48.3 Å². The van der Waals surface area contributed by atoms with Gasteiger partial charge in [-0.3, -0.25) is 10.1 Å². The molecule has 41 heavy (non-hydrogen) atoms. The molecule has 0 amide bonds. The summed E-state index contributed by atoms with van der Waals surface area (Å²) < 4.78 is 24.6. The topological polar surface area (TPSA) is 122 Å². The number of carbonyl (C=O) groups excluding carboxylic acids is 2.